The van der Waals surface area contributed by atoms with Gasteiger partial charge >= 0.3 is 12.0 Å². The number of urea groups is 1. The molecule has 4 aromatic rings. The van der Waals surface area contributed by atoms with Crippen LogP contribution in [0.25, 0.3) is 0 Å². The molecule has 10 heteroatoms. The van der Waals surface area contributed by atoms with Gasteiger partial charge in [0.15, 0.2) is 0 Å². The molecule has 0 saturated carbocycles. The second kappa shape index (κ2) is 11.5. The lowest BCUT2D eigenvalue weighted by atomic mass is 9.99. The quantitative estimate of drug-likeness (QED) is 0.306. The van der Waals surface area contributed by atoms with E-state index >= 15 is 4.39 Å². The lowest BCUT2D eigenvalue weighted by Gasteiger charge is -2.25. The number of methoxy groups -OCH3 is 1. The van der Waals surface area contributed by atoms with Crippen molar-refractivity contribution in [2.75, 3.05) is 17.3 Å². The van der Waals surface area contributed by atoms with Crippen LogP contribution in [0.4, 0.5) is 20.6 Å². The summed E-state index contributed by atoms with van der Waals surface area (Å²) in [6.45, 7) is 1.99. The van der Waals surface area contributed by atoms with E-state index in [9.17, 15) is 14.4 Å². The van der Waals surface area contributed by atoms with E-state index in [4.69, 9.17) is 4.74 Å². The molecule has 0 bridgehead atoms. The van der Waals surface area contributed by atoms with Gasteiger partial charge in [-0.1, -0.05) is 42.5 Å². The van der Waals surface area contributed by atoms with Crippen molar-refractivity contribution in [2.24, 2.45) is 4.99 Å². The summed E-state index contributed by atoms with van der Waals surface area (Å²) in [5.74, 6) is -1.51. The number of nitrogens with one attached hydrogen (secondary N) is 2. The topological polar surface area (TPSA) is 100 Å². The van der Waals surface area contributed by atoms with Gasteiger partial charge in [-0.15, -0.1) is 11.3 Å². The van der Waals surface area contributed by atoms with Crippen molar-refractivity contribution in [3.8, 4) is 0 Å². The van der Waals surface area contributed by atoms with E-state index < -0.39 is 29.9 Å². The normalized spacial score (nSPS) is 14.6. The molecule has 5 rings (SSSR count). The lowest BCUT2D eigenvalue weighted by molar-refractivity contribution is -0.120. The van der Waals surface area contributed by atoms with Crippen LogP contribution in [0.3, 0.4) is 0 Å². The highest BCUT2D eigenvalue weighted by Crippen LogP contribution is 2.31. The van der Waals surface area contributed by atoms with Crippen molar-refractivity contribution in [2.45, 2.75) is 19.6 Å². The number of thiophene rings is 1. The minimum Gasteiger partial charge on any atom is -0.465 e. The van der Waals surface area contributed by atoms with Gasteiger partial charge in [-0.05, 0) is 55.0 Å². The molecular formula is C30H25FN4O4S. The third-order valence-electron chi connectivity index (χ3n) is 6.24. The number of rotatable bonds is 6. The number of benzodiazepines with no additional fused rings is 1. The van der Waals surface area contributed by atoms with Crippen molar-refractivity contribution in [1.82, 2.24) is 5.32 Å². The van der Waals surface area contributed by atoms with Crippen LogP contribution in [-0.4, -0.2) is 36.9 Å². The molecule has 202 valence electrons. The number of ether oxygens (including phenoxy) is 1. The Hall–Kier alpha value is -4.83. The predicted octanol–water partition coefficient (Wildman–Crippen LogP) is 5.51. The molecule has 0 saturated heterocycles. The van der Waals surface area contributed by atoms with Crippen LogP contribution in [0.1, 0.15) is 31.2 Å². The summed E-state index contributed by atoms with van der Waals surface area (Å²) in [4.78, 5) is 46.2. The van der Waals surface area contributed by atoms with Crippen LogP contribution in [0.5, 0.6) is 0 Å². The number of aliphatic imine (C=N–C) groups is 1. The number of benzene rings is 3. The number of aryl methyl sites for hydroxylation is 1. The van der Waals surface area contributed by atoms with E-state index in [1.54, 1.807) is 72.8 Å². The van der Waals surface area contributed by atoms with Crippen molar-refractivity contribution in [3.05, 3.63) is 117 Å². The number of carbonyl (C=O) groups excluding carboxylic acids is 3. The molecule has 1 aliphatic heterocycles. The predicted molar refractivity (Wildman–Crippen MR) is 152 cm³/mol. The van der Waals surface area contributed by atoms with E-state index in [0.717, 1.165) is 5.56 Å². The summed E-state index contributed by atoms with van der Waals surface area (Å²) < 4.78 is 19.9. The van der Waals surface area contributed by atoms with Crippen molar-refractivity contribution < 1.29 is 23.5 Å². The Balaban J connectivity index is 1.56. The summed E-state index contributed by atoms with van der Waals surface area (Å²) in [5.41, 5.74) is 2.93. The molecule has 2 N–H and O–H groups in total. The maximum absolute atomic E-state index is 15.0. The molecule has 1 aromatic heterocycles. The fourth-order valence-corrected chi connectivity index (χ4v) is 5.31. The van der Waals surface area contributed by atoms with Crippen molar-refractivity contribution >= 4 is 46.3 Å². The summed E-state index contributed by atoms with van der Waals surface area (Å²) in [7, 11) is 1.30. The summed E-state index contributed by atoms with van der Waals surface area (Å²) in [6.07, 6.45) is -1.37. The average Bonchev–Trinajstić information content (AvgIpc) is 3.39. The molecule has 1 aliphatic rings. The minimum absolute atomic E-state index is 0.0925. The van der Waals surface area contributed by atoms with Crippen LogP contribution in [0.15, 0.2) is 89.9 Å². The Bertz CT molecular complexity index is 1630. The summed E-state index contributed by atoms with van der Waals surface area (Å²) in [6, 6.07) is 23.1. The number of fused-ring (bicyclic) bond motifs is 1. The fraction of sp³-hybridized carbons (Fsp3) is 0.133. The number of anilines is 2. The molecule has 0 fully saturated rings. The Morgan fingerprint density at radius 1 is 1.00 bits per heavy atom. The molecule has 3 amide bonds. The second-order valence-electron chi connectivity index (χ2n) is 9.03. The fourth-order valence-electron chi connectivity index (χ4n) is 4.40. The standard InChI is InChI=1S/C30H25FN4O4S/c1-18-8-7-9-19(16-18)32-30(38)34-27-28(36)35(17-20-14-15-25(40-20)29(37)39-2)24-13-6-4-11-22(24)26(33-27)21-10-3-5-12-23(21)31/h3-16,27H,17H2,1-2H3,(H2,32,34,38). The van der Waals surface area contributed by atoms with Crippen LogP contribution in [-0.2, 0) is 16.1 Å². The number of hydrogen-bond acceptors (Lipinski definition) is 6. The molecule has 0 aliphatic carbocycles. The first-order valence-corrected chi connectivity index (χ1v) is 13.2. The lowest BCUT2D eigenvalue weighted by Crippen LogP contribution is -2.48. The average molecular weight is 557 g/mol. The Kier molecular flexibility index (Phi) is 7.70. The molecule has 3 aromatic carbocycles. The second-order valence-corrected chi connectivity index (χ2v) is 10.2. The van der Waals surface area contributed by atoms with Crippen molar-refractivity contribution in [3.63, 3.8) is 0 Å². The number of halogens is 1. The van der Waals surface area contributed by atoms with Gasteiger partial charge in [0.1, 0.15) is 10.7 Å². The minimum atomic E-state index is -1.37. The van der Waals surface area contributed by atoms with Crippen LogP contribution in [0, 0.1) is 12.7 Å². The Labute approximate surface area is 234 Å². The number of nitrogens with zero attached hydrogens (tertiary/aromatic N) is 2. The zero-order valence-corrected chi connectivity index (χ0v) is 22.5. The van der Waals surface area contributed by atoms with Gasteiger partial charge in [0.05, 0.1) is 25.1 Å². The largest absolute Gasteiger partial charge is 0.465 e. The van der Waals surface area contributed by atoms with Crippen LogP contribution >= 0.6 is 11.3 Å². The number of carbonyl (C=O) groups is 3. The maximum Gasteiger partial charge on any atom is 0.348 e. The molecule has 2 heterocycles. The van der Waals surface area contributed by atoms with Gasteiger partial charge < -0.3 is 20.3 Å². The zero-order valence-electron chi connectivity index (χ0n) is 21.7. The van der Waals surface area contributed by atoms with Gasteiger partial charge in [-0.2, -0.15) is 0 Å². The highest BCUT2D eigenvalue weighted by atomic mass is 32.1. The third kappa shape index (κ3) is 5.62. The van der Waals surface area contributed by atoms with Crippen LogP contribution in [0.2, 0.25) is 0 Å². The Morgan fingerprint density at radius 3 is 2.50 bits per heavy atom. The monoisotopic (exact) mass is 556 g/mol. The highest BCUT2D eigenvalue weighted by molar-refractivity contribution is 7.13. The molecule has 1 atom stereocenters. The van der Waals surface area contributed by atoms with Gasteiger partial charge in [-0.3, -0.25) is 4.79 Å². The molecule has 40 heavy (non-hydrogen) atoms. The first-order valence-electron chi connectivity index (χ1n) is 12.4. The first-order chi connectivity index (χ1) is 19.3. The maximum atomic E-state index is 15.0. The molecule has 0 spiro atoms. The molecule has 8 nitrogen and oxygen atoms in total. The highest BCUT2D eigenvalue weighted by Gasteiger charge is 2.34. The first kappa shape index (κ1) is 26.8. The van der Waals surface area contributed by atoms with Gasteiger partial charge in [0, 0.05) is 21.7 Å². The molecule has 1 unspecified atom stereocenters. The van der Waals surface area contributed by atoms with Crippen LogP contribution < -0.4 is 15.5 Å². The van der Waals surface area contributed by atoms with E-state index in [1.165, 1.54) is 29.4 Å². The number of esters is 1. The van der Waals surface area contributed by atoms with Gasteiger partial charge in [0.25, 0.3) is 5.91 Å². The van der Waals surface area contributed by atoms with E-state index in [0.29, 0.717) is 26.7 Å². The van der Waals surface area contributed by atoms with Gasteiger partial charge in [-0.25, -0.2) is 19.0 Å². The van der Waals surface area contributed by atoms with E-state index in [1.807, 2.05) is 13.0 Å². The summed E-state index contributed by atoms with van der Waals surface area (Å²) >= 11 is 1.20. The van der Waals surface area contributed by atoms with E-state index in [2.05, 4.69) is 15.6 Å². The van der Waals surface area contributed by atoms with E-state index in [-0.39, 0.29) is 17.8 Å². The SMILES string of the molecule is COC(=O)c1ccc(CN2C(=O)C(NC(=O)Nc3cccc(C)c3)N=C(c3ccccc3F)c3ccccc32)s1. The molecular weight excluding hydrogens is 531 g/mol. The molecule has 0 radical (unpaired) electrons. The third-order valence-corrected chi connectivity index (χ3v) is 7.29. The number of para-hydroxylation sites is 1. The number of hydrogen-bond donors (Lipinski definition) is 2. The number of amides is 3. The van der Waals surface area contributed by atoms with Crippen molar-refractivity contribution in [1.29, 1.82) is 0 Å². The Morgan fingerprint density at radius 2 is 1.75 bits per heavy atom. The summed E-state index contributed by atoms with van der Waals surface area (Å²) in [5, 5.41) is 5.39. The smallest absolute Gasteiger partial charge is 0.348 e. The zero-order chi connectivity index (χ0) is 28.2. The van der Waals surface area contributed by atoms with Gasteiger partial charge in [0.2, 0.25) is 6.17 Å².